The maximum atomic E-state index is 12.8. The zero-order chi connectivity index (χ0) is 27.8. The number of hydrogen-bond donors (Lipinski definition) is 1. The van der Waals surface area contributed by atoms with Crippen LogP contribution in [0.4, 0.5) is 5.00 Å². The van der Waals surface area contributed by atoms with Crippen LogP contribution in [-0.4, -0.2) is 51.6 Å². The third kappa shape index (κ3) is 6.93. The lowest BCUT2D eigenvalue weighted by Gasteiger charge is -2.10. The van der Waals surface area contributed by atoms with Crippen LogP contribution < -0.4 is 10.1 Å². The third-order valence-corrected chi connectivity index (χ3v) is 7.78. The van der Waals surface area contributed by atoms with Gasteiger partial charge in [0.1, 0.15) is 22.2 Å². The molecule has 2 heterocycles. The van der Waals surface area contributed by atoms with Gasteiger partial charge in [0.25, 0.3) is 0 Å². The summed E-state index contributed by atoms with van der Waals surface area (Å²) < 4.78 is 18.0. The van der Waals surface area contributed by atoms with Gasteiger partial charge in [-0.25, -0.2) is 9.59 Å². The van der Waals surface area contributed by atoms with E-state index >= 15 is 0 Å². The summed E-state index contributed by atoms with van der Waals surface area (Å²) in [7, 11) is 0. The highest BCUT2D eigenvalue weighted by Crippen LogP contribution is 2.34. The van der Waals surface area contributed by atoms with Gasteiger partial charge >= 0.3 is 11.9 Å². The van der Waals surface area contributed by atoms with E-state index in [-0.39, 0.29) is 46.9 Å². The van der Waals surface area contributed by atoms with E-state index in [0.29, 0.717) is 23.1 Å². The Hall–Kier alpha value is -3.38. The van der Waals surface area contributed by atoms with Crippen LogP contribution in [0.3, 0.4) is 0 Å². The molecule has 1 N–H and O–H groups in total. The fourth-order valence-corrected chi connectivity index (χ4v) is 5.46. The zero-order valence-corrected chi connectivity index (χ0v) is 24.0. The van der Waals surface area contributed by atoms with E-state index in [4.69, 9.17) is 14.2 Å². The van der Waals surface area contributed by atoms with Gasteiger partial charge in [-0.3, -0.25) is 4.79 Å². The van der Waals surface area contributed by atoms with Gasteiger partial charge in [0.2, 0.25) is 5.91 Å². The maximum Gasteiger partial charge on any atom is 0.348 e. The second kappa shape index (κ2) is 13.4. The third-order valence-electron chi connectivity index (χ3n) is 5.63. The molecule has 0 aliphatic carbocycles. The molecule has 0 bridgehead atoms. The number of esters is 2. The summed E-state index contributed by atoms with van der Waals surface area (Å²) in [4.78, 5) is 38.0. The number of aryl methyl sites for hydroxylation is 2. The van der Waals surface area contributed by atoms with Crippen LogP contribution in [0, 0.1) is 20.8 Å². The minimum absolute atomic E-state index is 0.0180. The van der Waals surface area contributed by atoms with Crippen molar-refractivity contribution in [2.45, 2.75) is 59.9 Å². The van der Waals surface area contributed by atoms with Gasteiger partial charge in [-0.1, -0.05) is 17.8 Å². The van der Waals surface area contributed by atoms with Crippen LogP contribution in [0.1, 0.15) is 63.3 Å². The molecule has 0 saturated carbocycles. The number of nitrogens with zero attached hydrogens (tertiary/aromatic N) is 3. The fraction of sp³-hybridized carbons (Fsp3) is 0.423. The quantitative estimate of drug-likeness (QED) is 0.242. The highest BCUT2D eigenvalue weighted by molar-refractivity contribution is 7.99. The van der Waals surface area contributed by atoms with E-state index < -0.39 is 11.9 Å². The molecule has 0 aliphatic rings. The summed E-state index contributed by atoms with van der Waals surface area (Å²) in [5.74, 6) is -0.120. The van der Waals surface area contributed by atoms with E-state index in [1.165, 1.54) is 17.3 Å². The van der Waals surface area contributed by atoms with Crippen LogP contribution in [0.25, 0.3) is 0 Å². The van der Waals surface area contributed by atoms with Crippen molar-refractivity contribution in [3.63, 3.8) is 0 Å². The molecule has 204 valence electrons. The highest BCUT2D eigenvalue weighted by atomic mass is 32.2. The van der Waals surface area contributed by atoms with E-state index in [2.05, 4.69) is 15.5 Å². The van der Waals surface area contributed by atoms with Gasteiger partial charge in [0, 0.05) is 6.54 Å². The molecule has 1 aromatic carbocycles. The number of nitrogens with one attached hydrogen (secondary N) is 1. The molecule has 0 saturated heterocycles. The number of rotatable bonds is 12. The van der Waals surface area contributed by atoms with E-state index in [1.54, 1.807) is 20.8 Å². The molecule has 10 nitrogen and oxygen atoms in total. The summed E-state index contributed by atoms with van der Waals surface area (Å²) in [5.41, 5.74) is 2.90. The predicted octanol–water partition coefficient (Wildman–Crippen LogP) is 4.95. The van der Waals surface area contributed by atoms with Crippen molar-refractivity contribution in [2.24, 2.45) is 0 Å². The van der Waals surface area contributed by atoms with Gasteiger partial charge in [-0.05, 0) is 70.4 Å². The SMILES string of the molecule is CCOC(=O)c1sc(NC(=O)CSc2nnc(COc3ccc(C)c(C)c3)n2CC)c(C(=O)OCC)c1C. The minimum atomic E-state index is -0.612. The summed E-state index contributed by atoms with van der Waals surface area (Å²) in [6.07, 6.45) is 0. The van der Waals surface area contributed by atoms with Crippen LogP contribution in [0.5, 0.6) is 5.75 Å². The van der Waals surface area contributed by atoms with Gasteiger partial charge in [-0.2, -0.15) is 0 Å². The fourth-order valence-electron chi connectivity index (χ4n) is 3.54. The lowest BCUT2D eigenvalue weighted by molar-refractivity contribution is -0.113. The first-order valence-corrected chi connectivity index (χ1v) is 14.0. The van der Waals surface area contributed by atoms with Crippen LogP contribution in [-0.2, 0) is 27.4 Å². The monoisotopic (exact) mass is 560 g/mol. The Kier molecular flexibility index (Phi) is 10.3. The van der Waals surface area contributed by atoms with Crippen molar-refractivity contribution >= 4 is 45.9 Å². The number of thiophene rings is 1. The molecular formula is C26H32N4O6S2. The van der Waals surface area contributed by atoms with E-state index in [0.717, 1.165) is 22.6 Å². The Balaban J connectivity index is 1.69. The van der Waals surface area contributed by atoms with Crippen molar-refractivity contribution in [3.8, 4) is 5.75 Å². The van der Waals surface area contributed by atoms with Crippen molar-refractivity contribution in [1.82, 2.24) is 14.8 Å². The summed E-state index contributed by atoms with van der Waals surface area (Å²) >= 11 is 2.20. The minimum Gasteiger partial charge on any atom is -0.486 e. The number of thioether (sulfide) groups is 1. The average molecular weight is 561 g/mol. The topological polar surface area (TPSA) is 122 Å². The first-order chi connectivity index (χ1) is 18.2. The number of ether oxygens (including phenoxy) is 3. The second-order valence-corrected chi connectivity index (χ2v) is 10.2. The van der Waals surface area contributed by atoms with Gasteiger partial charge in [-0.15, -0.1) is 21.5 Å². The van der Waals surface area contributed by atoms with Crippen LogP contribution in [0.2, 0.25) is 0 Å². The largest absolute Gasteiger partial charge is 0.486 e. The second-order valence-electron chi connectivity index (χ2n) is 8.22. The molecule has 1 amide bonds. The number of benzene rings is 1. The smallest absolute Gasteiger partial charge is 0.348 e. The summed E-state index contributed by atoms with van der Waals surface area (Å²) in [6.45, 7) is 12.2. The Morgan fingerprint density at radius 3 is 2.37 bits per heavy atom. The van der Waals surface area contributed by atoms with Gasteiger partial charge < -0.3 is 24.1 Å². The van der Waals surface area contributed by atoms with Crippen molar-refractivity contribution < 1.29 is 28.6 Å². The van der Waals surface area contributed by atoms with Gasteiger partial charge in [0.05, 0.1) is 24.5 Å². The van der Waals surface area contributed by atoms with Gasteiger partial charge in [0.15, 0.2) is 11.0 Å². The Bertz CT molecular complexity index is 1320. The average Bonchev–Trinajstić information content (AvgIpc) is 3.43. The summed E-state index contributed by atoms with van der Waals surface area (Å²) in [6, 6.07) is 5.90. The molecule has 0 aliphatic heterocycles. The number of anilines is 1. The van der Waals surface area contributed by atoms with Crippen molar-refractivity contribution in [1.29, 1.82) is 0 Å². The number of hydrogen-bond acceptors (Lipinski definition) is 10. The number of carbonyl (C=O) groups excluding carboxylic acids is 3. The van der Waals surface area contributed by atoms with E-state index in [9.17, 15) is 14.4 Å². The number of aromatic nitrogens is 3. The number of carbonyl (C=O) groups is 3. The lowest BCUT2D eigenvalue weighted by atomic mass is 10.1. The Labute approximate surface area is 230 Å². The first-order valence-electron chi connectivity index (χ1n) is 12.2. The predicted molar refractivity (Wildman–Crippen MR) is 146 cm³/mol. The number of amides is 1. The van der Waals surface area contributed by atoms with Crippen molar-refractivity contribution in [3.05, 3.63) is 51.2 Å². The molecule has 0 atom stereocenters. The molecule has 0 radical (unpaired) electrons. The van der Waals surface area contributed by atoms with E-state index in [1.807, 2.05) is 43.5 Å². The highest BCUT2D eigenvalue weighted by Gasteiger charge is 2.27. The normalized spacial score (nSPS) is 10.8. The molecule has 3 aromatic rings. The first kappa shape index (κ1) is 29.2. The zero-order valence-electron chi connectivity index (χ0n) is 22.4. The maximum absolute atomic E-state index is 12.8. The standard InChI is InChI=1S/C26H32N4O6S2/c1-7-30-19(13-36-18-11-10-15(4)16(5)12-18)28-29-26(30)37-14-20(31)27-23-21(24(32)34-8-2)17(6)22(38-23)25(33)35-9-3/h10-12H,7-9,13-14H2,1-6H3,(H,27,31). The molecule has 0 unspecified atom stereocenters. The molecule has 0 spiro atoms. The Morgan fingerprint density at radius 1 is 1.00 bits per heavy atom. The molecule has 38 heavy (non-hydrogen) atoms. The van der Waals surface area contributed by atoms with Crippen molar-refractivity contribution in [2.75, 3.05) is 24.3 Å². The van der Waals surface area contributed by atoms with Crippen LogP contribution in [0.15, 0.2) is 23.4 Å². The summed E-state index contributed by atoms with van der Waals surface area (Å²) in [5, 5.41) is 12.0. The molecular weight excluding hydrogens is 528 g/mol. The molecule has 3 rings (SSSR count). The molecule has 12 heteroatoms. The molecule has 0 fully saturated rings. The Morgan fingerprint density at radius 2 is 1.71 bits per heavy atom. The molecule has 2 aromatic heterocycles. The lowest BCUT2D eigenvalue weighted by Crippen LogP contribution is -2.17. The van der Waals surface area contributed by atoms with Crippen LogP contribution >= 0.6 is 23.1 Å².